The number of benzene rings is 2. The van der Waals surface area contributed by atoms with Crippen LogP contribution in [0.1, 0.15) is 45.4 Å². The summed E-state index contributed by atoms with van der Waals surface area (Å²) in [7, 11) is 1.60. The van der Waals surface area contributed by atoms with Gasteiger partial charge >= 0.3 is 0 Å². The summed E-state index contributed by atoms with van der Waals surface area (Å²) in [6, 6.07) is 13.2. The highest BCUT2D eigenvalue weighted by Crippen LogP contribution is 2.16. The highest BCUT2D eigenvalue weighted by Gasteiger charge is 2.12. The number of hydrogen-bond donors (Lipinski definition) is 2. The van der Waals surface area contributed by atoms with Gasteiger partial charge in [-0.1, -0.05) is 6.07 Å². The minimum absolute atomic E-state index is 0.237. The molecule has 0 unspecified atom stereocenters. The van der Waals surface area contributed by atoms with Crippen molar-refractivity contribution in [1.82, 2.24) is 15.1 Å². The Bertz CT molecular complexity index is 1130. The third-order valence-corrected chi connectivity index (χ3v) is 5.53. The highest BCUT2D eigenvalue weighted by atomic mass is 16.5. The molecule has 0 saturated carbocycles. The fourth-order valence-electron chi connectivity index (χ4n) is 3.90. The molecule has 0 aliphatic rings. The molecule has 0 atom stereocenters. The van der Waals surface area contributed by atoms with E-state index in [1.807, 2.05) is 37.6 Å². The van der Waals surface area contributed by atoms with Crippen molar-refractivity contribution >= 4 is 17.6 Å². The maximum absolute atomic E-state index is 12.9. The molecule has 0 aliphatic carbocycles. The Labute approximate surface area is 195 Å². The summed E-state index contributed by atoms with van der Waals surface area (Å²) < 4.78 is 7.19. The average Bonchev–Trinajstić information content (AvgIpc) is 3.06. The smallest absolute Gasteiger partial charge is 0.257 e. The first-order valence-corrected chi connectivity index (χ1v) is 11.2. The van der Waals surface area contributed by atoms with Crippen LogP contribution in [0.4, 0.5) is 5.69 Å². The van der Waals surface area contributed by atoms with Gasteiger partial charge in [0, 0.05) is 30.0 Å². The van der Waals surface area contributed by atoms with Crippen LogP contribution in [0.5, 0.6) is 5.75 Å². The summed E-state index contributed by atoms with van der Waals surface area (Å²) in [4.78, 5) is 17.6. The van der Waals surface area contributed by atoms with Gasteiger partial charge in [0.05, 0.1) is 12.8 Å². The SMILES string of the molecule is CCn1nc(C)c(CCN=C(NC(=O)c2ccc(OC)cc2)Nc2cc(C)cc(C)c2)c1C. The number of rotatable bonds is 7. The molecule has 3 aromatic rings. The molecule has 3 rings (SSSR count). The first-order valence-electron chi connectivity index (χ1n) is 11.2. The number of anilines is 1. The number of carbonyl (C=O) groups excluding carboxylic acids is 1. The van der Waals surface area contributed by atoms with Gasteiger partial charge in [-0.15, -0.1) is 0 Å². The number of aryl methyl sites for hydroxylation is 4. The first-order chi connectivity index (χ1) is 15.8. The van der Waals surface area contributed by atoms with Crippen LogP contribution in [0.15, 0.2) is 47.5 Å². The maximum Gasteiger partial charge on any atom is 0.257 e. The quantitative estimate of drug-likeness (QED) is 0.410. The van der Waals surface area contributed by atoms with Gasteiger partial charge in [0.2, 0.25) is 5.96 Å². The molecule has 0 spiro atoms. The summed E-state index contributed by atoms with van der Waals surface area (Å²) in [5.74, 6) is 0.880. The van der Waals surface area contributed by atoms with Crippen molar-refractivity contribution < 1.29 is 9.53 Å². The average molecular weight is 448 g/mol. The van der Waals surface area contributed by atoms with E-state index in [9.17, 15) is 4.79 Å². The number of aliphatic imine (C=N–C) groups is 1. The van der Waals surface area contributed by atoms with E-state index in [-0.39, 0.29) is 5.91 Å². The second-order valence-electron chi connectivity index (χ2n) is 8.13. The predicted octanol–water partition coefficient (Wildman–Crippen LogP) is 4.59. The van der Waals surface area contributed by atoms with Crippen molar-refractivity contribution in [2.45, 2.75) is 47.6 Å². The van der Waals surface area contributed by atoms with E-state index in [0.717, 1.165) is 41.2 Å². The van der Waals surface area contributed by atoms with Gasteiger partial charge in [0.15, 0.2) is 0 Å². The van der Waals surface area contributed by atoms with Crippen LogP contribution in [0.2, 0.25) is 0 Å². The summed E-state index contributed by atoms with van der Waals surface area (Å²) in [5, 5.41) is 10.8. The molecular weight excluding hydrogens is 414 g/mol. The number of guanidine groups is 1. The Morgan fingerprint density at radius 2 is 1.73 bits per heavy atom. The van der Waals surface area contributed by atoms with E-state index in [1.54, 1.807) is 31.4 Å². The molecule has 33 heavy (non-hydrogen) atoms. The lowest BCUT2D eigenvalue weighted by atomic mass is 10.1. The molecule has 0 radical (unpaired) electrons. The Balaban J connectivity index is 1.80. The van der Waals surface area contributed by atoms with Crippen LogP contribution >= 0.6 is 0 Å². The van der Waals surface area contributed by atoms with Crippen molar-refractivity contribution in [3.8, 4) is 5.75 Å². The second kappa shape index (κ2) is 10.8. The number of nitrogens with zero attached hydrogens (tertiary/aromatic N) is 3. The second-order valence-corrected chi connectivity index (χ2v) is 8.13. The Hall–Kier alpha value is -3.61. The molecule has 0 bridgehead atoms. The Morgan fingerprint density at radius 1 is 1.06 bits per heavy atom. The van der Waals surface area contributed by atoms with Gasteiger partial charge in [-0.05, 0) is 94.1 Å². The Kier molecular flexibility index (Phi) is 7.87. The van der Waals surface area contributed by atoms with E-state index < -0.39 is 0 Å². The van der Waals surface area contributed by atoms with Crippen molar-refractivity contribution in [2.75, 3.05) is 19.0 Å². The van der Waals surface area contributed by atoms with E-state index in [0.29, 0.717) is 23.8 Å². The third-order valence-electron chi connectivity index (χ3n) is 5.53. The van der Waals surface area contributed by atoms with Crippen molar-refractivity contribution in [3.05, 3.63) is 76.1 Å². The van der Waals surface area contributed by atoms with Crippen molar-refractivity contribution in [2.24, 2.45) is 4.99 Å². The van der Waals surface area contributed by atoms with Crippen LogP contribution < -0.4 is 15.4 Å². The minimum Gasteiger partial charge on any atom is -0.497 e. The van der Waals surface area contributed by atoms with Gasteiger partial charge < -0.3 is 10.1 Å². The lowest BCUT2D eigenvalue weighted by Gasteiger charge is -2.13. The van der Waals surface area contributed by atoms with Crippen LogP contribution in [0, 0.1) is 27.7 Å². The predicted molar refractivity (Wildman–Crippen MR) is 133 cm³/mol. The minimum atomic E-state index is -0.237. The van der Waals surface area contributed by atoms with Gasteiger partial charge in [-0.2, -0.15) is 5.10 Å². The molecular formula is C26H33N5O2. The fourth-order valence-corrected chi connectivity index (χ4v) is 3.90. The maximum atomic E-state index is 12.9. The lowest BCUT2D eigenvalue weighted by Crippen LogP contribution is -2.36. The number of amides is 1. The molecule has 2 N–H and O–H groups in total. The van der Waals surface area contributed by atoms with Crippen LogP contribution in [0.3, 0.4) is 0 Å². The number of ether oxygens (including phenoxy) is 1. The zero-order valence-electron chi connectivity index (χ0n) is 20.3. The summed E-state index contributed by atoms with van der Waals surface area (Å²) in [5.41, 5.74) is 7.07. The number of nitrogens with one attached hydrogen (secondary N) is 2. The fraction of sp³-hybridized carbons (Fsp3) is 0.346. The van der Waals surface area contributed by atoms with Crippen LogP contribution in [-0.2, 0) is 13.0 Å². The monoisotopic (exact) mass is 447 g/mol. The van der Waals surface area contributed by atoms with Gasteiger partial charge in [0.25, 0.3) is 5.91 Å². The summed E-state index contributed by atoms with van der Waals surface area (Å²) >= 11 is 0. The molecule has 0 saturated heterocycles. The number of methoxy groups -OCH3 is 1. The first kappa shape index (κ1) is 24.0. The van der Waals surface area contributed by atoms with Crippen LogP contribution in [0.25, 0.3) is 0 Å². The normalized spacial score (nSPS) is 11.4. The topological polar surface area (TPSA) is 80.5 Å². The Morgan fingerprint density at radius 3 is 2.30 bits per heavy atom. The lowest BCUT2D eigenvalue weighted by molar-refractivity contribution is 0.0977. The van der Waals surface area contributed by atoms with E-state index >= 15 is 0 Å². The molecule has 0 aliphatic heterocycles. The molecule has 1 amide bonds. The largest absolute Gasteiger partial charge is 0.497 e. The highest BCUT2D eigenvalue weighted by molar-refractivity contribution is 6.10. The standard InChI is InChI=1S/C26H33N5O2/c1-7-31-20(5)24(19(4)30-31)12-13-27-26(28-22-15-17(2)14-18(3)16-22)29-25(32)21-8-10-23(33-6)11-9-21/h8-11,14-16H,7,12-13H2,1-6H3,(H2,27,28,29,32). The van der Waals surface area contributed by atoms with E-state index in [2.05, 4.69) is 35.6 Å². The molecule has 1 aromatic heterocycles. The van der Waals surface area contributed by atoms with E-state index in [4.69, 9.17) is 9.73 Å². The summed E-state index contributed by atoms with van der Waals surface area (Å²) in [6.45, 7) is 11.6. The zero-order valence-corrected chi connectivity index (χ0v) is 20.3. The summed E-state index contributed by atoms with van der Waals surface area (Å²) in [6.07, 6.45) is 0.744. The van der Waals surface area contributed by atoms with Crippen molar-refractivity contribution in [1.29, 1.82) is 0 Å². The van der Waals surface area contributed by atoms with Crippen molar-refractivity contribution in [3.63, 3.8) is 0 Å². The van der Waals surface area contributed by atoms with Crippen LogP contribution in [-0.4, -0.2) is 35.3 Å². The molecule has 0 fully saturated rings. The number of hydrogen-bond acceptors (Lipinski definition) is 4. The molecule has 7 nitrogen and oxygen atoms in total. The zero-order chi connectivity index (χ0) is 24.0. The molecule has 7 heteroatoms. The molecule has 2 aromatic carbocycles. The van der Waals surface area contributed by atoms with Gasteiger partial charge in [0.1, 0.15) is 5.75 Å². The van der Waals surface area contributed by atoms with Gasteiger partial charge in [-0.25, -0.2) is 0 Å². The number of aromatic nitrogens is 2. The number of carbonyl (C=O) groups is 1. The molecule has 1 heterocycles. The third kappa shape index (κ3) is 6.22. The van der Waals surface area contributed by atoms with Gasteiger partial charge in [-0.3, -0.25) is 19.8 Å². The van der Waals surface area contributed by atoms with E-state index in [1.165, 1.54) is 5.56 Å². The molecule has 174 valence electrons.